The number of carbonyl (C=O) groups is 1. The molecule has 0 fully saturated rings. The Hall–Kier alpha value is -2.04. The van der Waals surface area contributed by atoms with Gasteiger partial charge in [0.05, 0.1) is 4.86 Å². The maximum absolute atomic E-state index is 11.4. The van der Waals surface area contributed by atoms with Crippen molar-refractivity contribution in [1.82, 2.24) is 5.32 Å². The van der Waals surface area contributed by atoms with Crippen molar-refractivity contribution >= 4 is 23.1 Å². The fraction of sp³-hybridized carbons (Fsp3) is 0.125. The molecule has 0 heterocycles. The van der Waals surface area contributed by atoms with Crippen LogP contribution in [0, 0.1) is 0 Å². The molecule has 2 N–H and O–H groups in total. The summed E-state index contributed by atoms with van der Waals surface area (Å²) in [4.78, 5) is 11.8. The summed E-state index contributed by atoms with van der Waals surface area (Å²) < 4.78 is 0. The van der Waals surface area contributed by atoms with Gasteiger partial charge >= 0.3 is 5.97 Å². The van der Waals surface area contributed by atoms with Gasteiger partial charge in [0.15, 0.2) is 0 Å². The number of aliphatic carboxylic acids is 1. The van der Waals surface area contributed by atoms with Gasteiger partial charge in [0.1, 0.15) is 6.04 Å². The van der Waals surface area contributed by atoms with Gasteiger partial charge in [-0.3, -0.25) is 10.1 Å². The number of benzene rings is 2. The van der Waals surface area contributed by atoms with Gasteiger partial charge in [-0.05, 0) is 11.1 Å². The third-order valence-corrected chi connectivity index (χ3v) is 3.39. The van der Waals surface area contributed by atoms with Crippen molar-refractivity contribution < 1.29 is 9.90 Å². The highest BCUT2D eigenvalue weighted by atomic mass is 32.1. The summed E-state index contributed by atoms with van der Waals surface area (Å²) in [7, 11) is 0. The highest BCUT2D eigenvalue weighted by Crippen LogP contribution is 2.07. The first-order valence-electron chi connectivity index (χ1n) is 6.28. The first-order chi connectivity index (χ1) is 9.68. The largest absolute Gasteiger partial charge is 0.480 e. The Bertz CT molecular complexity index is 584. The molecule has 2 rings (SSSR count). The van der Waals surface area contributed by atoms with Crippen LogP contribution < -0.4 is 5.32 Å². The summed E-state index contributed by atoms with van der Waals surface area (Å²) in [6, 6.07) is 18.0. The van der Waals surface area contributed by atoms with Crippen LogP contribution in [0.3, 0.4) is 0 Å². The smallest absolute Gasteiger partial charge is 0.326 e. The maximum atomic E-state index is 11.4. The summed E-state index contributed by atoms with van der Waals surface area (Å²) in [6.45, 7) is 0.463. The number of hydrogen-bond donors (Lipinski definition) is 2. The van der Waals surface area contributed by atoms with Crippen LogP contribution in [0.2, 0.25) is 0 Å². The molecular weight excluding hydrogens is 270 g/mol. The SMILES string of the molecule is O=C(O)C(NCc1ccccc1)C(=S)c1ccccc1. The molecule has 1 unspecified atom stereocenters. The number of thiocarbonyl (C=S) groups is 1. The molecule has 0 amide bonds. The van der Waals surface area contributed by atoms with Crippen LogP contribution >= 0.6 is 12.2 Å². The Morgan fingerprint density at radius 3 is 2.15 bits per heavy atom. The van der Waals surface area contributed by atoms with Gasteiger partial charge in [0, 0.05) is 6.54 Å². The molecular formula is C16H15NO2S. The van der Waals surface area contributed by atoms with E-state index in [1.165, 1.54) is 0 Å². The Morgan fingerprint density at radius 1 is 1.05 bits per heavy atom. The van der Waals surface area contributed by atoms with Crippen molar-refractivity contribution in [2.75, 3.05) is 0 Å². The summed E-state index contributed by atoms with van der Waals surface area (Å²) >= 11 is 5.29. The summed E-state index contributed by atoms with van der Waals surface area (Å²) in [6.07, 6.45) is 0. The first kappa shape index (κ1) is 14.4. The Morgan fingerprint density at radius 2 is 1.60 bits per heavy atom. The van der Waals surface area contributed by atoms with E-state index in [1.54, 1.807) is 0 Å². The van der Waals surface area contributed by atoms with Crippen LogP contribution in [0.5, 0.6) is 0 Å². The van der Waals surface area contributed by atoms with Crippen LogP contribution in [-0.2, 0) is 11.3 Å². The minimum Gasteiger partial charge on any atom is -0.480 e. The molecule has 20 heavy (non-hydrogen) atoms. The molecule has 0 radical (unpaired) electrons. The molecule has 4 heteroatoms. The molecule has 0 bridgehead atoms. The van der Waals surface area contributed by atoms with E-state index in [-0.39, 0.29) is 0 Å². The van der Waals surface area contributed by atoms with Gasteiger partial charge in [-0.25, -0.2) is 0 Å². The Balaban J connectivity index is 2.08. The van der Waals surface area contributed by atoms with Gasteiger partial charge in [-0.1, -0.05) is 72.9 Å². The molecule has 0 aliphatic heterocycles. The van der Waals surface area contributed by atoms with E-state index in [0.29, 0.717) is 11.4 Å². The lowest BCUT2D eigenvalue weighted by atomic mass is 10.1. The summed E-state index contributed by atoms with van der Waals surface area (Å²) in [5.74, 6) is -0.963. The van der Waals surface area contributed by atoms with E-state index in [0.717, 1.165) is 11.1 Å². The summed E-state index contributed by atoms with van der Waals surface area (Å²) in [5.41, 5.74) is 1.78. The van der Waals surface area contributed by atoms with Gasteiger partial charge in [0.25, 0.3) is 0 Å². The number of carboxylic acid groups (broad SMARTS) is 1. The molecule has 2 aromatic carbocycles. The van der Waals surface area contributed by atoms with E-state index in [2.05, 4.69) is 5.32 Å². The highest BCUT2D eigenvalue weighted by molar-refractivity contribution is 7.81. The van der Waals surface area contributed by atoms with E-state index in [4.69, 9.17) is 12.2 Å². The van der Waals surface area contributed by atoms with Crippen LogP contribution in [0.25, 0.3) is 0 Å². The average molecular weight is 285 g/mol. The third kappa shape index (κ3) is 3.73. The van der Waals surface area contributed by atoms with Crippen molar-refractivity contribution in [2.45, 2.75) is 12.6 Å². The highest BCUT2D eigenvalue weighted by Gasteiger charge is 2.22. The van der Waals surface area contributed by atoms with Crippen molar-refractivity contribution in [1.29, 1.82) is 0 Å². The van der Waals surface area contributed by atoms with E-state index in [1.807, 2.05) is 60.7 Å². The lowest BCUT2D eigenvalue weighted by Gasteiger charge is -2.16. The van der Waals surface area contributed by atoms with Gasteiger partial charge in [-0.15, -0.1) is 0 Å². The number of nitrogens with one attached hydrogen (secondary N) is 1. The molecule has 0 aliphatic carbocycles. The van der Waals surface area contributed by atoms with Crippen molar-refractivity contribution in [3.63, 3.8) is 0 Å². The third-order valence-electron chi connectivity index (χ3n) is 2.92. The van der Waals surface area contributed by atoms with E-state index < -0.39 is 12.0 Å². The van der Waals surface area contributed by atoms with Crippen molar-refractivity contribution in [3.8, 4) is 0 Å². The molecule has 0 saturated heterocycles. The van der Waals surface area contributed by atoms with Crippen molar-refractivity contribution in [2.24, 2.45) is 0 Å². The normalized spacial score (nSPS) is 11.8. The molecule has 0 saturated carbocycles. The predicted molar refractivity (Wildman–Crippen MR) is 82.8 cm³/mol. The minimum absolute atomic E-state index is 0.397. The molecule has 102 valence electrons. The summed E-state index contributed by atoms with van der Waals surface area (Å²) in [5, 5.41) is 12.3. The number of hydrogen-bond acceptors (Lipinski definition) is 3. The van der Waals surface area contributed by atoms with Crippen LogP contribution in [0.15, 0.2) is 60.7 Å². The fourth-order valence-electron chi connectivity index (χ4n) is 1.88. The van der Waals surface area contributed by atoms with Crippen LogP contribution in [0.1, 0.15) is 11.1 Å². The van der Waals surface area contributed by atoms with Crippen LogP contribution in [0.4, 0.5) is 0 Å². The molecule has 2 aromatic rings. The minimum atomic E-state index is -0.963. The quantitative estimate of drug-likeness (QED) is 0.633. The molecule has 0 aliphatic rings. The monoisotopic (exact) mass is 285 g/mol. The average Bonchev–Trinajstić information content (AvgIpc) is 2.49. The lowest BCUT2D eigenvalue weighted by Crippen LogP contribution is -2.42. The second-order valence-corrected chi connectivity index (χ2v) is 4.81. The Kier molecular flexibility index (Phi) is 4.98. The van der Waals surface area contributed by atoms with E-state index >= 15 is 0 Å². The lowest BCUT2D eigenvalue weighted by molar-refractivity contribution is -0.137. The zero-order valence-corrected chi connectivity index (χ0v) is 11.6. The molecule has 0 aromatic heterocycles. The van der Waals surface area contributed by atoms with Gasteiger partial charge < -0.3 is 5.11 Å². The topological polar surface area (TPSA) is 49.3 Å². The fourth-order valence-corrected chi connectivity index (χ4v) is 2.20. The maximum Gasteiger partial charge on any atom is 0.326 e. The van der Waals surface area contributed by atoms with E-state index in [9.17, 15) is 9.90 Å². The Labute approximate surface area is 123 Å². The number of rotatable bonds is 6. The standard InChI is InChI=1S/C16H15NO2S/c18-16(19)14(15(20)13-9-5-2-6-10-13)17-11-12-7-3-1-4-8-12/h1-10,14,17H,11H2,(H,18,19). The van der Waals surface area contributed by atoms with Gasteiger partial charge in [-0.2, -0.15) is 0 Å². The second kappa shape index (κ2) is 6.93. The molecule has 0 spiro atoms. The second-order valence-electron chi connectivity index (χ2n) is 4.37. The van der Waals surface area contributed by atoms with Crippen LogP contribution in [-0.4, -0.2) is 22.0 Å². The zero-order valence-electron chi connectivity index (χ0n) is 10.8. The zero-order chi connectivity index (χ0) is 14.4. The molecule has 1 atom stereocenters. The van der Waals surface area contributed by atoms with Crippen molar-refractivity contribution in [3.05, 3.63) is 71.8 Å². The number of carboxylic acids is 1. The van der Waals surface area contributed by atoms with Gasteiger partial charge in [0.2, 0.25) is 0 Å². The molecule has 3 nitrogen and oxygen atoms in total. The predicted octanol–water partition coefficient (Wildman–Crippen LogP) is 2.65. The first-order valence-corrected chi connectivity index (χ1v) is 6.68.